The molecule has 0 aliphatic carbocycles. The molecule has 2 aromatic rings. The van der Waals surface area contributed by atoms with Gasteiger partial charge < -0.3 is 5.73 Å². The van der Waals surface area contributed by atoms with Crippen molar-refractivity contribution in [3.05, 3.63) is 30.6 Å². The number of benzene rings is 1. The van der Waals surface area contributed by atoms with E-state index in [1.807, 2.05) is 0 Å². The average molecular weight is 338 g/mol. The zero-order chi connectivity index (χ0) is 17.3. The Morgan fingerprint density at radius 1 is 1.35 bits per heavy atom. The molecule has 0 radical (unpaired) electrons. The Bertz CT molecular complexity index is 795. The van der Waals surface area contributed by atoms with Crippen molar-refractivity contribution in [3.8, 4) is 5.69 Å². The minimum atomic E-state index is -3.93. The summed E-state index contributed by atoms with van der Waals surface area (Å²) in [4.78, 5) is 11.6. The minimum absolute atomic E-state index is 0.0130. The minimum Gasteiger partial charge on any atom is -0.368 e. The normalized spacial score (nSPS) is 13.7. The summed E-state index contributed by atoms with van der Waals surface area (Å²) in [6.07, 6.45) is 1.35. The summed E-state index contributed by atoms with van der Waals surface area (Å²) in [5.41, 5.74) is 5.13. The molecule has 0 aliphatic heterocycles. The van der Waals surface area contributed by atoms with Crippen LogP contribution < -0.4 is 10.5 Å². The fourth-order valence-electron chi connectivity index (χ4n) is 1.96. The number of amides is 1. The van der Waals surface area contributed by atoms with E-state index in [1.165, 1.54) is 23.1 Å². The Labute approximate surface area is 133 Å². The van der Waals surface area contributed by atoms with Crippen molar-refractivity contribution in [2.24, 2.45) is 11.1 Å². The van der Waals surface area contributed by atoms with Crippen molar-refractivity contribution < 1.29 is 13.2 Å². The van der Waals surface area contributed by atoms with Crippen molar-refractivity contribution in [1.82, 2.24) is 24.9 Å². The van der Waals surface area contributed by atoms with Gasteiger partial charge in [-0.15, -0.1) is 5.10 Å². The van der Waals surface area contributed by atoms with E-state index in [2.05, 4.69) is 20.2 Å². The lowest BCUT2D eigenvalue weighted by molar-refractivity contribution is -0.121. The second-order valence-corrected chi connectivity index (χ2v) is 7.79. The van der Waals surface area contributed by atoms with Crippen LogP contribution in [0.2, 0.25) is 0 Å². The molecule has 1 aromatic carbocycles. The summed E-state index contributed by atoms with van der Waals surface area (Å²) in [5, 5.41) is 10.7. The predicted octanol–water partition coefficient (Wildman–Crippen LogP) is -0.159. The van der Waals surface area contributed by atoms with Gasteiger partial charge in [0.15, 0.2) is 0 Å². The number of tetrazole rings is 1. The fraction of sp³-hybridized carbons (Fsp3) is 0.385. The topological polar surface area (TPSA) is 133 Å². The van der Waals surface area contributed by atoms with E-state index in [9.17, 15) is 13.2 Å². The highest BCUT2D eigenvalue weighted by molar-refractivity contribution is 7.89. The van der Waals surface area contributed by atoms with Gasteiger partial charge in [-0.25, -0.2) is 13.1 Å². The third-order valence-electron chi connectivity index (χ3n) is 3.17. The first-order valence-electron chi connectivity index (χ1n) is 6.76. The van der Waals surface area contributed by atoms with Gasteiger partial charge in [0.25, 0.3) is 0 Å². The monoisotopic (exact) mass is 338 g/mol. The third-order valence-corrected chi connectivity index (χ3v) is 4.59. The Morgan fingerprint density at radius 2 is 2.04 bits per heavy atom. The highest BCUT2D eigenvalue weighted by Gasteiger charge is 2.34. The van der Waals surface area contributed by atoms with Gasteiger partial charge in [0.1, 0.15) is 12.4 Å². The molecule has 0 bridgehead atoms. The van der Waals surface area contributed by atoms with E-state index in [1.54, 1.807) is 32.9 Å². The van der Waals surface area contributed by atoms with Gasteiger partial charge in [0.05, 0.1) is 10.6 Å². The number of hydrogen-bond donors (Lipinski definition) is 2. The van der Waals surface area contributed by atoms with Crippen LogP contribution in [0.15, 0.2) is 35.5 Å². The van der Waals surface area contributed by atoms with Crippen molar-refractivity contribution >= 4 is 15.9 Å². The molecule has 124 valence electrons. The maximum atomic E-state index is 12.5. The quantitative estimate of drug-likeness (QED) is 0.778. The van der Waals surface area contributed by atoms with Gasteiger partial charge in [-0.05, 0) is 34.0 Å². The summed E-state index contributed by atoms with van der Waals surface area (Å²) < 4.78 is 28.8. The first kappa shape index (κ1) is 17.0. The number of nitrogens with one attached hydrogen (secondary N) is 1. The van der Waals surface area contributed by atoms with Gasteiger partial charge in [-0.2, -0.15) is 4.72 Å². The highest BCUT2D eigenvalue weighted by atomic mass is 32.2. The van der Waals surface area contributed by atoms with Crippen LogP contribution in [0, 0.1) is 5.41 Å². The van der Waals surface area contributed by atoms with E-state index in [0.29, 0.717) is 5.69 Å². The zero-order valence-electron chi connectivity index (χ0n) is 13.0. The third kappa shape index (κ3) is 3.90. The second-order valence-electron chi connectivity index (χ2n) is 6.07. The maximum absolute atomic E-state index is 12.5. The molecule has 10 heteroatoms. The lowest BCUT2D eigenvalue weighted by Gasteiger charge is -2.28. The number of aromatic nitrogens is 4. The van der Waals surface area contributed by atoms with Crippen molar-refractivity contribution in [2.75, 3.05) is 0 Å². The van der Waals surface area contributed by atoms with E-state index in [0.717, 1.165) is 0 Å². The molecule has 1 amide bonds. The van der Waals surface area contributed by atoms with Crippen LogP contribution in [-0.2, 0) is 14.8 Å². The van der Waals surface area contributed by atoms with E-state index < -0.39 is 27.4 Å². The molecule has 0 saturated carbocycles. The standard InChI is InChI=1S/C13H18N6O3S/c1-13(2,3)11(12(14)20)16-23(21,22)10-6-4-5-9(7-10)19-8-15-17-18-19/h4-8,11,16H,1-3H3,(H2,14,20). The van der Waals surface area contributed by atoms with Gasteiger partial charge in [0.2, 0.25) is 15.9 Å². The first-order valence-corrected chi connectivity index (χ1v) is 8.24. The van der Waals surface area contributed by atoms with Crippen LogP contribution in [-0.4, -0.2) is 40.6 Å². The van der Waals surface area contributed by atoms with Crippen molar-refractivity contribution in [2.45, 2.75) is 31.7 Å². The van der Waals surface area contributed by atoms with Crippen LogP contribution in [0.4, 0.5) is 0 Å². The summed E-state index contributed by atoms with van der Waals surface area (Å²) in [5.74, 6) is -0.738. The molecular weight excluding hydrogens is 320 g/mol. The van der Waals surface area contributed by atoms with Crippen molar-refractivity contribution in [1.29, 1.82) is 0 Å². The lowest BCUT2D eigenvalue weighted by Crippen LogP contribution is -2.51. The number of nitrogens with two attached hydrogens (primary N) is 1. The van der Waals surface area contributed by atoms with Crippen molar-refractivity contribution in [3.63, 3.8) is 0 Å². The highest BCUT2D eigenvalue weighted by Crippen LogP contribution is 2.22. The fourth-order valence-corrected chi connectivity index (χ4v) is 3.41. The largest absolute Gasteiger partial charge is 0.368 e. The number of rotatable bonds is 5. The molecule has 0 saturated heterocycles. The molecule has 1 unspecified atom stereocenters. The Morgan fingerprint density at radius 3 is 2.57 bits per heavy atom. The van der Waals surface area contributed by atoms with Crippen LogP contribution >= 0.6 is 0 Å². The van der Waals surface area contributed by atoms with Gasteiger partial charge >= 0.3 is 0 Å². The molecule has 23 heavy (non-hydrogen) atoms. The molecule has 2 rings (SSSR count). The Hall–Kier alpha value is -2.33. The number of carbonyl (C=O) groups is 1. The number of nitrogens with zero attached hydrogens (tertiary/aromatic N) is 4. The molecule has 3 N–H and O–H groups in total. The number of sulfonamides is 1. The number of carbonyl (C=O) groups excluding carboxylic acids is 1. The molecule has 1 heterocycles. The summed E-state index contributed by atoms with van der Waals surface area (Å²) >= 11 is 0. The molecule has 0 fully saturated rings. The zero-order valence-corrected chi connectivity index (χ0v) is 13.8. The number of primary amides is 1. The van der Waals surface area contributed by atoms with Crippen LogP contribution in [0.3, 0.4) is 0 Å². The SMILES string of the molecule is CC(C)(C)C(NS(=O)(=O)c1cccc(-n2cnnn2)c1)C(N)=O. The molecular formula is C13H18N6O3S. The van der Waals surface area contributed by atoms with Gasteiger partial charge in [-0.3, -0.25) is 4.79 Å². The molecule has 0 aliphatic rings. The van der Waals surface area contributed by atoms with E-state index in [-0.39, 0.29) is 4.90 Å². The van der Waals surface area contributed by atoms with E-state index >= 15 is 0 Å². The van der Waals surface area contributed by atoms with Crippen LogP contribution in [0.5, 0.6) is 0 Å². The first-order chi connectivity index (χ1) is 10.6. The molecule has 9 nitrogen and oxygen atoms in total. The van der Waals surface area contributed by atoms with Gasteiger partial charge in [-0.1, -0.05) is 26.8 Å². The summed E-state index contributed by atoms with van der Waals surface area (Å²) in [6.45, 7) is 5.17. The number of hydrogen-bond acceptors (Lipinski definition) is 6. The van der Waals surface area contributed by atoms with Gasteiger partial charge in [0, 0.05) is 0 Å². The second kappa shape index (κ2) is 6.05. The summed E-state index contributed by atoms with van der Waals surface area (Å²) in [7, 11) is -3.93. The average Bonchev–Trinajstić information content (AvgIpc) is 2.98. The maximum Gasteiger partial charge on any atom is 0.241 e. The lowest BCUT2D eigenvalue weighted by atomic mass is 9.87. The molecule has 1 aromatic heterocycles. The van der Waals surface area contributed by atoms with Crippen LogP contribution in [0.25, 0.3) is 5.69 Å². The van der Waals surface area contributed by atoms with Crippen LogP contribution in [0.1, 0.15) is 20.8 Å². The van der Waals surface area contributed by atoms with E-state index in [4.69, 9.17) is 5.73 Å². The molecule has 0 spiro atoms. The predicted molar refractivity (Wildman–Crippen MR) is 81.9 cm³/mol. The molecule has 1 atom stereocenters. The Balaban J connectivity index is 2.37. The summed E-state index contributed by atoms with van der Waals surface area (Å²) in [6, 6.07) is 4.99. The Kier molecular flexibility index (Phi) is 4.48. The smallest absolute Gasteiger partial charge is 0.241 e.